The van der Waals surface area contributed by atoms with Crippen LogP contribution >= 0.6 is 0 Å². The van der Waals surface area contributed by atoms with Gasteiger partial charge in [0.1, 0.15) is 0 Å². The van der Waals surface area contributed by atoms with Crippen molar-refractivity contribution in [3.63, 3.8) is 0 Å². The molecule has 0 fully saturated rings. The van der Waals surface area contributed by atoms with Gasteiger partial charge in [-0.3, -0.25) is 4.79 Å². The quantitative estimate of drug-likeness (QED) is 0.798. The van der Waals surface area contributed by atoms with E-state index in [1.165, 1.54) is 0 Å². The highest BCUT2D eigenvalue weighted by Gasteiger charge is 2.30. The van der Waals surface area contributed by atoms with Crippen LogP contribution in [0.15, 0.2) is 23.1 Å². The van der Waals surface area contributed by atoms with E-state index in [4.69, 9.17) is 0 Å². The third-order valence-electron chi connectivity index (χ3n) is 2.49. The van der Waals surface area contributed by atoms with E-state index in [0.29, 0.717) is 19.5 Å². The average Bonchev–Trinajstić information content (AvgIpc) is 2.29. The summed E-state index contributed by atoms with van der Waals surface area (Å²) in [5.74, 6) is 0. The van der Waals surface area contributed by atoms with E-state index < -0.39 is 17.3 Å². The van der Waals surface area contributed by atoms with Gasteiger partial charge in [-0.2, -0.15) is 13.2 Å². The first kappa shape index (κ1) is 14.8. The Hall–Kier alpha value is -1.30. The number of nitrogens with zero attached hydrogens (tertiary/aromatic N) is 1. The lowest BCUT2D eigenvalue weighted by molar-refractivity contribution is -0.138. The molecule has 0 saturated carbocycles. The number of halogens is 3. The highest BCUT2D eigenvalue weighted by Crippen LogP contribution is 2.27. The summed E-state index contributed by atoms with van der Waals surface area (Å²) in [6.07, 6.45) is -1.90. The maximum Gasteiger partial charge on any atom is 0.417 e. The molecule has 1 aromatic heterocycles. The molecule has 0 radical (unpaired) electrons. The van der Waals surface area contributed by atoms with E-state index >= 15 is 0 Å². The van der Waals surface area contributed by atoms with E-state index in [2.05, 4.69) is 5.32 Å². The fraction of sp³-hybridized carbons (Fsp3) is 0.583. The lowest BCUT2D eigenvalue weighted by Gasteiger charge is -2.10. The molecule has 0 amide bonds. The van der Waals surface area contributed by atoms with Gasteiger partial charge in [0.25, 0.3) is 5.56 Å². The topological polar surface area (TPSA) is 34.0 Å². The SMILES string of the molecule is CCCNCCCn1cc(C(F)(F)F)ccc1=O. The minimum atomic E-state index is -4.41. The summed E-state index contributed by atoms with van der Waals surface area (Å²) in [6, 6.07) is 1.77. The Morgan fingerprint density at radius 3 is 2.61 bits per heavy atom. The van der Waals surface area contributed by atoms with Crippen LogP contribution in [0.4, 0.5) is 13.2 Å². The molecule has 0 bridgehead atoms. The zero-order valence-corrected chi connectivity index (χ0v) is 10.3. The molecule has 0 aliphatic rings. The van der Waals surface area contributed by atoms with E-state index in [9.17, 15) is 18.0 Å². The molecule has 0 aliphatic heterocycles. The number of hydrogen-bond acceptors (Lipinski definition) is 2. The fourth-order valence-electron chi connectivity index (χ4n) is 1.55. The third-order valence-corrected chi connectivity index (χ3v) is 2.49. The zero-order chi connectivity index (χ0) is 13.6. The molecule has 0 aromatic carbocycles. The standard InChI is InChI=1S/C12H17F3N2O/c1-2-6-16-7-3-8-17-9-10(12(13,14)15)4-5-11(17)18/h4-5,9,16H,2-3,6-8H2,1H3. The third kappa shape index (κ3) is 4.52. The van der Waals surface area contributed by atoms with Crippen molar-refractivity contribution in [2.45, 2.75) is 32.5 Å². The second-order valence-corrected chi connectivity index (χ2v) is 4.05. The maximum atomic E-state index is 12.5. The highest BCUT2D eigenvalue weighted by molar-refractivity contribution is 5.13. The maximum absolute atomic E-state index is 12.5. The molecular weight excluding hydrogens is 245 g/mol. The van der Waals surface area contributed by atoms with Gasteiger partial charge in [0.2, 0.25) is 0 Å². The molecule has 0 saturated heterocycles. The monoisotopic (exact) mass is 262 g/mol. The van der Waals surface area contributed by atoms with Gasteiger partial charge in [0, 0.05) is 18.8 Å². The Kier molecular flexibility index (Phi) is 5.40. The summed E-state index contributed by atoms with van der Waals surface area (Å²) in [5, 5.41) is 3.13. The van der Waals surface area contributed by atoms with Crippen LogP contribution in [0.2, 0.25) is 0 Å². The average molecular weight is 262 g/mol. The molecule has 3 nitrogen and oxygen atoms in total. The van der Waals surface area contributed by atoms with Crippen molar-refractivity contribution in [1.29, 1.82) is 0 Å². The molecular formula is C12H17F3N2O. The summed E-state index contributed by atoms with van der Waals surface area (Å²) < 4.78 is 38.5. The van der Waals surface area contributed by atoms with Gasteiger partial charge >= 0.3 is 6.18 Å². The number of aromatic nitrogens is 1. The summed E-state index contributed by atoms with van der Waals surface area (Å²) in [6.45, 7) is 3.89. The lowest BCUT2D eigenvalue weighted by Crippen LogP contribution is -2.24. The van der Waals surface area contributed by atoms with Crippen molar-refractivity contribution in [3.8, 4) is 0 Å². The summed E-state index contributed by atoms with van der Waals surface area (Å²) >= 11 is 0. The normalized spacial score (nSPS) is 11.8. The molecule has 0 unspecified atom stereocenters. The van der Waals surface area contributed by atoms with Gasteiger partial charge in [-0.05, 0) is 32.0 Å². The Bertz CT molecular complexity index is 426. The summed E-state index contributed by atoms with van der Waals surface area (Å²) in [5.41, 5.74) is -1.19. The first-order valence-electron chi connectivity index (χ1n) is 5.93. The minimum Gasteiger partial charge on any atom is -0.317 e. The molecule has 1 rings (SSSR count). The molecule has 6 heteroatoms. The molecule has 18 heavy (non-hydrogen) atoms. The van der Waals surface area contributed by atoms with Crippen molar-refractivity contribution < 1.29 is 13.2 Å². The van der Waals surface area contributed by atoms with Crippen LogP contribution in [0.3, 0.4) is 0 Å². The summed E-state index contributed by atoms with van der Waals surface area (Å²) in [4.78, 5) is 11.4. The number of rotatable bonds is 6. The Labute approximate surface area is 104 Å². The molecule has 1 aromatic rings. The van der Waals surface area contributed by atoms with Crippen LogP contribution in [-0.2, 0) is 12.7 Å². The molecule has 0 spiro atoms. The molecule has 0 aliphatic carbocycles. The Morgan fingerprint density at radius 2 is 2.00 bits per heavy atom. The Morgan fingerprint density at radius 1 is 1.28 bits per heavy atom. The second-order valence-electron chi connectivity index (χ2n) is 4.05. The predicted molar refractivity (Wildman–Crippen MR) is 63.5 cm³/mol. The van der Waals surface area contributed by atoms with Crippen molar-refractivity contribution in [2.24, 2.45) is 0 Å². The molecule has 1 heterocycles. The number of nitrogens with one attached hydrogen (secondary N) is 1. The van der Waals surface area contributed by atoms with E-state index in [1.807, 2.05) is 6.92 Å². The van der Waals surface area contributed by atoms with Gasteiger partial charge in [-0.25, -0.2) is 0 Å². The van der Waals surface area contributed by atoms with E-state index in [-0.39, 0.29) is 0 Å². The van der Waals surface area contributed by atoms with Crippen LogP contribution in [-0.4, -0.2) is 17.7 Å². The van der Waals surface area contributed by atoms with Gasteiger partial charge < -0.3 is 9.88 Å². The van der Waals surface area contributed by atoms with Gasteiger partial charge in [-0.15, -0.1) is 0 Å². The lowest BCUT2D eigenvalue weighted by atomic mass is 10.2. The van der Waals surface area contributed by atoms with Crippen LogP contribution in [0.5, 0.6) is 0 Å². The van der Waals surface area contributed by atoms with Gasteiger partial charge in [0.05, 0.1) is 5.56 Å². The number of hydrogen-bond donors (Lipinski definition) is 1. The van der Waals surface area contributed by atoms with Gasteiger partial charge in [-0.1, -0.05) is 6.92 Å². The van der Waals surface area contributed by atoms with Crippen LogP contribution < -0.4 is 10.9 Å². The first-order chi connectivity index (χ1) is 8.45. The number of pyridine rings is 1. The largest absolute Gasteiger partial charge is 0.417 e. The van der Waals surface area contributed by atoms with Crippen molar-refractivity contribution >= 4 is 0 Å². The van der Waals surface area contributed by atoms with Gasteiger partial charge in [0.15, 0.2) is 0 Å². The van der Waals surface area contributed by atoms with Crippen molar-refractivity contribution in [1.82, 2.24) is 9.88 Å². The molecule has 1 N–H and O–H groups in total. The van der Waals surface area contributed by atoms with Crippen molar-refractivity contribution in [3.05, 3.63) is 34.2 Å². The summed E-state index contributed by atoms with van der Waals surface area (Å²) in [7, 11) is 0. The fourth-order valence-corrected chi connectivity index (χ4v) is 1.55. The zero-order valence-electron chi connectivity index (χ0n) is 10.3. The van der Waals surface area contributed by atoms with Crippen LogP contribution in [0.1, 0.15) is 25.3 Å². The molecule has 102 valence electrons. The van der Waals surface area contributed by atoms with Crippen molar-refractivity contribution in [2.75, 3.05) is 13.1 Å². The van der Waals surface area contributed by atoms with Crippen LogP contribution in [0.25, 0.3) is 0 Å². The van der Waals surface area contributed by atoms with E-state index in [1.54, 1.807) is 0 Å². The first-order valence-corrected chi connectivity index (χ1v) is 5.93. The van der Waals surface area contributed by atoms with Crippen LogP contribution in [0, 0.1) is 0 Å². The smallest absolute Gasteiger partial charge is 0.317 e. The van der Waals surface area contributed by atoms with E-state index in [0.717, 1.165) is 35.9 Å². The minimum absolute atomic E-state index is 0.291. The second kappa shape index (κ2) is 6.58. The predicted octanol–water partition coefficient (Wildman–Crippen LogP) is 2.26. The molecule has 0 atom stereocenters. The highest BCUT2D eigenvalue weighted by atomic mass is 19.4. The number of aryl methyl sites for hydroxylation is 1. The Balaban J connectivity index is 2.62. The number of alkyl halides is 3.